The van der Waals surface area contributed by atoms with Crippen LogP contribution < -0.4 is 5.32 Å². The molecule has 5 nitrogen and oxygen atoms in total. The number of rotatable bonds is 5. The predicted octanol–water partition coefficient (Wildman–Crippen LogP) is 3.96. The van der Waals surface area contributed by atoms with Gasteiger partial charge in [-0.2, -0.15) is 0 Å². The molecule has 26 heavy (non-hydrogen) atoms. The molecule has 0 bridgehead atoms. The molecule has 0 aromatic heterocycles. The summed E-state index contributed by atoms with van der Waals surface area (Å²) in [5, 5.41) is 3.19. The van der Waals surface area contributed by atoms with Crippen molar-refractivity contribution in [3.05, 3.63) is 29.3 Å². The van der Waals surface area contributed by atoms with Gasteiger partial charge >= 0.3 is 5.97 Å². The number of carbonyl (C=O) groups excluding carboxylic acids is 2. The van der Waals surface area contributed by atoms with E-state index in [-0.39, 0.29) is 5.75 Å². The van der Waals surface area contributed by atoms with E-state index >= 15 is 0 Å². The second kappa shape index (κ2) is 10.1. The molecule has 1 fully saturated rings. The molecule has 1 amide bonds. The lowest BCUT2D eigenvalue weighted by Gasteiger charge is -2.31. The van der Waals surface area contributed by atoms with Crippen LogP contribution in [-0.2, 0) is 14.3 Å². The van der Waals surface area contributed by atoms with Gasteiger partial charge < -0.3 is 15.0 Å². The number of thioether (sulfide) groups is 1. The van der Waals surface area contributed by atoms with Crippen molar-refractivity contribution >= 4 is 57.5 Å². The van der Waals surface area contributed by atoms with Crippen molar-refractivity contribution in [3.63, 3.8) is 0 Å². The molecule has 1 aromatic carbocycles. The Balaban J connectivity index is 1.72. The van der Waals surface area contributed by atoms with Crippen molar-refractivity contribution in [2.24, 2.45) is 5.92 Å². The number of halogens is 1. The van der Waals surface area contributed by atoms with Crippen molar-refractivity contribution in [1.29, 1.82) is 0 Å². The Bertz CT molecular complexity index is 664. The summed E-state index contributed by atoms with van der Waals surface area (Å²) in [4.78, 5) is 26.2. The number of nitrogens with one attached hydrogen (secondary N) is 1. The van der Waals surface area contributed by atoms with E-state index in [4.69, 9.17) is 28.6 Å². The summed E-state index contributed by atoms with van der Waals surface area (Å²) in [6.07, 6.45) is 1.34. The highest BCUT2D eigenvalue weighted by atomic mass is 35.5. The fraction of sp³-hybridized carbons (Fsp3) is 0.500. The van der Waals surface area contributed by atoms with Crippen molar-refractivity contribution < 1.29 is 14.3 Å². The Hall–Kier alpha value is -1.31. The van der Waals surface area contributed by atoms with Crippen LogP contribution >= 0.6 is 35.6 Å². The van der Waals surface area contributed by atoms with Crippen LogP contribution in [0.4, 0.5) is 5.69 Å². The zero-order chi connectivity index (χ0) is 19.1. The van der Waals surface area contributed by atoms with Gasteiger partial charge in [-0.05, 0) is 43.9 Å². The normalized spacial score (nSPS) is 16.0. The summed E-state index contributed by atoms with van der Waals surface area (Å²) in [6.45, 7) is 5.63. The van der Waals surface area contributed by atoms with Gasteiger partial charge in [-0.25, -0.2) is 0 Å². The maximum atomic E-state index is 12.1. The number of carbonyl (C=O) groups is 2. The number of hydrogen-bond acceptors (Lipinski definition) is 5. The summed E-state index contributed by atoms with van der Waals surface area (Å²) in [5.41, 5.74) is 0.556. The molecule has 1 N–H and O–H groups in total. The SMILES string of the molecule is CC1CCN(C(=S)SCC(=O)O[C@@H](C)C(=O)Nc2cccc(Cl)c2)CC1. The topological polar surface area (TPSA) is 58.6 Å². The van der Waals surface area contributed by atoms with Gasteiger partial charge in [0.1, 0.15) is 4.32 Å². The van der Waals surface area contributed by atoms with Gasteiger partial charge in [0.25, 0.3) is 5.91 Å². The largest absolute Gasteiger partial charge is 0.452 e. The molecule has 0 unspecified atom stereocenters. The first-order valence-electron chi connectivity index (χ1n) is 8.52. The molecule has 0 spiro atoms. The molecule has 1 aliphatic heterocycles. The van der Waals surface area contributed by atoms with Crippen molar-refractivity contribution in [1.82, 2.24) is 4.90 Å². The molecule has 0 aliphatic carbocycles. The highest BCUT2D eigenvalue weighted by Crippen LogP contribution is 2.20. The smallest absolute Gasteiger partial charge is 0.317 e. The van der Waals surface area contributed by atoms with E-state index in [1.807, 2.05) is 0 Å². The van der Waals surface area contributed by atoms with Crippen LogP contribution in [-0.4, -0.2) is 46.0 Å². The molecule has 2 rings (SSSR count). The maximum Gasteiger partial charge on any atom is 0.317 e. The van der Waals surface area contributed by atoms with Gasteiger partial charge in [0.2, 0.25) is 0 Å². The first-order chi connectivity index (χ1) is 12.3. The van der Waals surface area contributed by atoms with Crippen LogP contribution in [0.3, 0.4) is 0 Å². The monoisotopic (exact) mass is 414 g/mol. The zero-order valence-electron chi connectivity index (χ0n) is 14.9. The van der Waals surface area contributed by atoms with E-state index < -0.39 is 18.0 Å². The van der Waals surface area contributed by atoms with E-state index in [1.165, 1.54) is 18.7 Å². The Morgan fingerprint density at radius 3 is 2.77 bits per heavy atom. The van der Waals surface area contributed by atoms with Gasteiger partial charge in [-0.15, -0.1) is 0 Å². The number of esters is 1. The summed E-state index contributed by atoms with van der Waals surface area (Å²) in [7, 11) is 0. The lowest BCUT2D eigenvalue weighted by Crippen LogP contribution is -2.36. The second-order valence-corrected chi connectivity index (χ2v) is 8.40. The molecule has 1 aliphatic rings. The van der Waals surface area contributed by atoms with Crippen LogP contribution in [0.5, 0.6) is 0 Å². The first kappa shape index (κ1) is 21.0. The number of ether oxygens (including phenoxy) is 1. The van der Waals surface area contributed by atoms with Gasteiger partial charge in [-0.1, -0.05) is 48.6 Å². The minimum absolute atomic E-state index is 0.0969. The average molecular weight is 415 g/mol. The third kappa shape index (κ3) is 6.78. The molecule has 0 radical (unpaired) electrons. The molecule has 142 valence electrons. The molecule has 1 saturated heterocycles. The molecule has 1 aromatic rings. The fourth-order valence-electron chi connectivity index (χ4n) is 2.50. The number of hydrogen-bond donors (Lipinski definition) is 1. The van der Waals surface area contributed by atoms with Crippen LogP contribution in [0.25, 0.3) is 0 Å². The Kier molecular flexibility index (Phi) is 8.18. The highest BCUT2D eigenvalue weighted by molar-refractivity contribution is 8.23. The van der Waals surface area contributed by atoms with Crippen LogP contribution in [0.2, 0.25) is 5.02 Å². The molecule has 1 atom stereocenters. The van der Waals surface area contributed by atoms with Gasteiger partial charge in [-0.3, -0.25) is 9.59 Å². The summed E-state index contributed by atoms with van der Waals surface area (Å²) in [6, 6.07) is 6.78. The number of nitrogens with zero attached hydrogens (tertiary/aromatic N) is 1. The van der Waals surface area contributed by atoms with Crippen molar-refractivity contribution in [2.75, 3.05) is 24.2 Å². The fourth-order valence-corrected chi connectivity index (χ4v) is 3.72. The molecule has 1 heterocycles. The quantitative estimate of drug-likeness (QED) is 0.581. The van der Waals surface area contributed by atoms with E-state index in [2.05, 4.69) is 17.1 Å². The Labute approximate surface area is 168 Å². The third-order valence-corrected chi connectivity index (χ3v) is 5.86. The number of benzene rings is 1. The predicted molar refractivity (Wildman–Crippen MR) is 111 cm³/mol. The summed E-state index contributed by atoms with van der Waals surface area (Å²) >= 11 is 12.5. The molecular formula is C18H23ClN2O3S2. The van der Waals surface area contributed by atoms with Crippen LogP contribution in [0.1, 0.15) is 26.7 Å². The third-order valence-electron chi connectivity index (χ3n) is 4.12. The van der Waals surface area contributed by atoms with E-state index in [9.17, 15) is 9.59 Å². The Morgan fingerprint density at radius 1 is 1.42 bits per heavy atom. The molecular weight excluding hydrogens is 392 g/mol. The number of piperidine rings is 1. The standard InChI is InChI=1S/C18H23ClN2O3S2/c1-12-6-8-21(9-7-12)18(25)26-11-16(22)24-13(2)17(23)20-15-5-3-4-14(19)10-15/h3-5,10,12-13H,6-9,11H2,1-2H3,(H,20,23)/t13-/m0/s1. The zero-order valence-corrected chi connectivity index (χ0v) is 17.3. The number of anilines is 1. The van der Waals surface area contributed by atoms with Gasteiger partial charge in [0.15, 0.2) is 6.10 Å². The minimum atomic E-state index is -0.897. The van der Waals surface area contributed by atoms with Crippen molar-refractivity contribution in [3.8, 4) is 0 Å². The minimum Gasteiger partial charge on any atom is -0.452 e. The van der Waals surface area contributed by atoms with Crippen LogP contribution in [0, 0.1) is 5.92 Å². The van der Waals surface area contributed by atoms with E-state index in [1.54, 1.807) is 24.3 Å². The number of amides is 1. The highest BCUT2D eigenvalue weighted by Gasteiger charge is 2.21. The maximum absolute atomic E-state index is 12.1. The van der Waals surface area contributed by atoms with E-state index in [0.29, 0.717) is 15.0 Å². The lowest BCUT2D eigenvalue weighted by molar-refractivity contribution is -0.150. The second-order valence-electron chi connectivity index (χ2n) is 6.36. The molecule has 0 saturated carbocycles. The van der Waals surface area contributed by atoms with Crippen LogP contribution in [0.15, 0.2) is 24.3 Å². The van der Waals surface area contributed by atoms with Gasteiger partial charge in [0, 0.05) is 23.8 Å². The van der Waals surface area contributed by atoms with E-state index in [0.717, 1.165) is 31.8 Å². The number of thiocarbonyl (C=S) groups is 1. The van der Waals surface area contributed by atoms with Gasteiger partial charge in [0.05, 0.1) is 5.75 Å². The summed E-state index contributed by atoms with van der Waals surface area (Å²) < 4.78 is 5.90. The summed E-state index contributed by atoms with van der Waals surface area (Å²) in [5.74, 6) is -0.0443. The average Bonchev–Trinajstić information content (AvgIpc) is 2.60. The first-order valence-corrected chi connectivity index (χ1v) is 10.3. The molecule has 8 heteroatoms. The Morgan fingerprint density at radius 2 is 2.12 bits per heavy atom. The lowest BCUT2D eigenvalue weighted by atomic mass is 10.00. The van der Waals surface area contributed by atoms with Crippen molar-refractivity contribution in [2.45, 2.75) is 32.8 Å². The number of likely N-dealkylation sites (tertiary alicyclic amines) is 1.